The molecular formula is C11H16N2O. The summed E-state index contributed by atoms with van der Waals surface area (Å²) >= 11 is 0. The second-order valence-corrected chi connectivity index (χ2v) is 3.81. The maximum Gasteiger partial charge on any atom is 0.0693 e. The summed E-state index contributed by atoms with van der Waals surface area (Å²) in [4.78, 5) is 4.22. The van der Waals surface area contributed by atoms with E-state index in [1.165, 1.54) is 0 Å². The summed E-state index contributed by atoms with van der Waals surface area (Å²) in [5.41, 5.74) is 1.03. The normalized spacial score (nSPS) is 26.6. The third-order valence-electron chi connectivity index (χ3n) is 2.75. The Balaban J connectivity index is 1.82. The third kappa shape index (κ3) is 2.30. The van der Waals surface area contributed by atoms with Gasteiger partial charge in [-0.15, -0.1) is 0 Å². The fraction of sp³-hybridized carbons (Fsp3) is 0.545. The lowest BCUT2D eigenvalue weighted by molar-refractivity contribution is 0.148. The molecule has 0 amide bonds. The van der Waals surface area contributed by atoms with Gasteiger partial charge in [0.15, 0.2) is 0 Å². The molecule has 14 heavy (non-hydrogen) atoms. The van der Waals surface area contributed by atoms with E-state index < -0.39 is 0 Å². The van der Waals surface area contributed by atoms with Crippen LogP contribution in [-0.2, 0) is 6.54 Å². The first-order valence-corrected chi connectivity index (χ1v) is 5.17. The smallest absolute Gasteiger partial charge is 0.0693 e. The van der Waals surface area contributed by atoms with Crippen molar-refractivity contribution in [3.8, 4) is 0 Å². The highest BCUT2D eigenvalue weighted by Gasteiger charge is 2.24. The summed E-state index contributed by atoms with van der Waals surface area (Å²) in [6.07, 6.45) is 4.76. The van der Waals surface area contributed by atoms with E-state index in [0.717, 1.165) is 31.5 Å². The molecule has 1 aliphatic carbocycles. The average Bonchev–Trinajstić information content (AvgIpc) is 2.63. The first-order valence-electron chi connectivity index (χ1n) is 5.17. The maximum absolute atomic E-state index is 9.58. The first-order chi connectivity index (χ1) is 6.86. The summed E-state index contributed by atoms with van der Waals surface area (Å²) in [7, 11) is 0. The van der Waals surface area contributed by atoms with Crippen molar-refractivity contribution in [1.29, 1.82) is 0 Å². The SMILES string of the molecule is OC1CCCC1NCc1ccccn1. The number of nitrogens with one attached hydrogen (secondary N) is 1. The van der Waals surface area contributed by atoms with E-state index in [1.54, 1.807) is 6.20 Å². The van der Waals surface area contributed by atoms with Gasteiger partial charge in [-0.05, 0) is 31.4 Å². The quantitative estimate of drug-likeness (QED) is 0.753. The van der Waals surface area contributed by atoms with E-state index in [2.05, 4.69) is 10.3 Å². The lowest BCUT2D eigenvalue weighted by atomic mass is 10.2. The minimum absolute atomic E-state index is 0.168. The van der Waals surface area contributed by atoms with Crippen LogP contribution in [0.25, 0.3) is 0 Å². The Hall–Kier alpha value is -0.930. The van der Waals surface area contributed by atoms with E-state index in [9.17, 15) is 5.11 Å². The zero-order valence-corrected chi connectivity index (χ0v) is 8.19. The van der Waals surface area contributed by atoms with Crippen molar-refractivity contribution in [2.45, 2.75) is 38.0 Å². The molecule has 1 aromatic rings. The van der Waals surface area contributed by atoms with Crippen molar-refractivity contribution in [3.63, 3.8) is 0 Å². The molecule has 2 unspecified atom stereocenters. The van der Waals surface area contributed by atoms with Gasteiger partial charge < -0.3 is 10.4 Å². The molecule has 0 bridgehead atoms. The van der Waals surface area contributed by atoms with Gasteiger partial charge in [-0.1, -0.05) is 6.07 Å². The van der Waals surface area contributed by atoms with Gasteiger partial charge >= 0.3 is 0 Å². The molecular weight excluding hydrogens is 176 g/mol. The molecule has 1 fully saturated rings. The van der Waals surface area contributed by atoms with Gasteiger partial charge in [-0.2, -0.15) is 0 Å². The van der Waals surface area contributed by atoms with Gasteiger partial charge in [-0.25, -0.2) is 0 Å². The van der Waals surface area contributed by atoms with Gasteiger partial charge in [0, 0.05) is 18.8 Å². The van der Waals surface area contributed by atoms with E-state index in [-0.39, 0.29) is 12.1 Å². The Kier molecular flexibility index (Phi) is 3.11. The second kappa shape index (κ2) is 4.53. The molecule has 1 aromatic heterocycles. The van der Waals surface area contributed by atoms with Gasteiger partial charge in [0.2, 0.25) is 0 Å². The van der Waals surface area contributed by atoms with E-state index in [4.69, 9.17) is 0 Å². The number of aromatic nitrogens is 1. The highest BCUT2D eigenvalue weighted by Crippen LogP contribution is 2.18. The van der Waals surface area contributed by atoms with Crippen LogP contribution >= 0.6 is 0 Å². The zero-order chi connectivity index (χ0) is 9.80. The first kappa shape index (κ1) is 9.62. The molecule has 1 saturated carbocycles. The minimum Gasteiger partial charge on any atom is -0.392 e. The van der Waals surface area contributed by atoms with Crippen LogP contribution in [-0.4, -0.2) is 22.2 Å². The highest BCUT2D eigenvalue weighted by atomic mass is 16.3. The monoisotopic (exact) mass is 192 g/mol. The number of pyridine rings is 1. The Morgan fingerprint density at radius 3 is 3.00 bits per heavy atom. The zero-order valence-electron chi connectivity index (χ0n) is 8.19. The molecule has 2 N–H and O–H groups in total. The molecule has 1 heterocycles. The standard InChI is InChI=1S/C11H16N2O/c14-11-6-3-5-10(11)13-8-9-4-1-2-7-12-9/h1-2,4,7,10-11,13-14H,3,5-6,8H2. The predicted octanol–water partition coefficient (Wildman–Crippen LogP) is 1.08. The van der Waals surface area contributed by atoms with Crippen LogP contribution in [0.4, 0.5) is 0 Å². The van der Waals surface area contributed by atoms with Crippen LogP contribution < -0.4 is 5.32 Å². The fourth-order valence-electron chi connectivity index (χ4n) is 1.92. The van der Waals surface area contributed by atoms with Gasteiger partial charge in [0.25, 0.3) is 0 Å². The van der Waals surface area contributed by atoms with Crippen molar-refractivity contribution in [2.75, 3.05) is 0 Å². The topological polar surface area (TPSA) is 45.1 Å². The van der Waals surface area contributed by atoms with E-state index >= 15 is 0 Å². The van der Waals surface area contributed by atoms with Crippen LogP contribution in [0.5, 0.6) is 0 Å². The third-order valence-corrected chi connectivity index (χ3v) is 2.75. The van der Waals surface area contributed by atoms with Crippen LogP contribution in [0.1, 0.15) is 25.0 Å². The van der Waals surface area contributed by atoms with E-state index in [1.807, 2.05) is 18.2 Å². The molecule has 0 spiro atoms. The Bertz CT molecular complexity index is 276. The molecule has 2 atom stereocenters. The second-order valence-electron chi connectivity index (χ2n) is 3.81. The number of aliphatic hydroxyl groups is 1. The Morgan fingerprint density at radius 2 is 2.36 bits per heavy atom. The summed E-state index contributed by atoms with van der Waals surface area (Å²) in [5.74, 6) is 0. The molecule has 1 aliphatic rings. The molecule has 0 saturated heterocycles. The fourth-order valence-corrected chi connectivity index (χ4v) is 1.92. The maximum atomic E-state index is 9.58. The van der Waals surface area contributed by atoms with Gasteiger partial charge in [0.05, 0.1) is 11.8 Å². The lowest BCUT2D eigenvalue weighted by Gasteiger charge is -2.15. The molecule has 0 radical (unpaired) electrons. The Labute approximate surface area is 84.2 Å². The number of hydrogen-bond acceptors (Lipinski definition) is 3. The summed E-state index contributed by atoms with van der Waals surface area (Å²) in [5, 5.41) is 12.9. The van der Waals surface area contributed by atoms with Crippen LogP contribution in [0.15, 0.2) is 24.4 Å². The summed E-state index contributed by atoms with van der Waals surface area (Å²) in [6.45, 7) is 0.753. The number of aliphatic hydroxyl groups excluding tert-OH is 1. The Morgan fingerprint density at radius 1 is 1.43 bits per heavy atom. The molecule has 3 nitrogen and oxygen atoms in total. The molecule has 0 aromatic carbocycles. The molecule has 2 rings (SSSR count). The van der Waals surface area contributed by atoms with Crippen molar-refractivity contribution in [3.05, 3.63) is 30.1 Å². The molecule has 76 valence electrons. The van der Waals surface area contributed by atoms with Crippen molar-refractivity contribution in [1.82, 2.24) is 10.3 Å². The molecule has 3 heteroatoms. The van der Waals surface area contributed by atoms with Crippen molar-refractivity contribution in [2.24, 2.45) is 0 Å². The minimum atomic E-state index is -0.168. The van der Waals surface area contributed by atoms with E-state index in [0.29, 0.717) is 0 Å². The lowest BCUT2D eigenvalue weighted by Crippen LogP contribution is -2.35. The molecule has 0 aliphatic heterocycles. The predicted molar refractivity (Wildman–Crippen MR) is 54.7 cm³/mol. The van der Waals surface area contributed by atoms with Crippen LogP contribution in [0.3, 0.4) is 0 Å². The summed E-state index contributed by atoms with van der Waals surface area (Å²) < 4.78 is 0. The highest BCUT2D eigenvalue weighted by molar-refractivity contribution is 5.03. The average molecular weight is 192 g/mol. The number of rotatable bonds is 3. The largest absolute Gasteiger partial charge is 0.392 e. The van der Waals surface area contributed by atoms with Gasteiger partial charge in [-0.3, -0.25) is 4.98 Å². The number of nitrogens with zero attached hydrogens (tertiary/aromatic N) is 1. The van der Waals surface area contributed by atoms with Crippen molar-refractivity contribution < 1.29 is 5.11 Å². The van der Waals surface area contributed by atoms with Crippen molar-refractivity contribution >= 4 is 0 Å². The van der Waals surface area contributed by atoms with Crippen LogP contribution in [0.2, 0.25) is 0 Å². The number of hydrogen-bond donors (Lipinski definition) is 2. The van der Waals surface area contributed by atoms with Gasteiger partial charge in [0.1, 0.15) is 0 Å². The summed E-state index contributed by atoms with van der Waals surface area (Å²) in [6, 6.07) is 6.15. The van der Waals surface area contributed by atoms with Crippen LogP contribution in [0, 0.1) is 0 Å².